The standard InChI is InChI=1S/C20H27NO6/c1-5-25-17(22)15-11-16(21(12-15)19(24)27-20(2,3)4)18(23)26-13-14-9-7-6-8-10-14/h6-10,15-16H,5,11-13H2,1-4H3/t15-,16-/m0/s1. The minimum absolute atomic E-state index is 0.0683. The highest BCUT2D eigenvalue weighted by atomic mass is 16.6. The third kappa shape index (κ3) is 5.98. The van der Waals surface area contributed by atoms with Crippen molar-refractivity contribution in [1.82, 2.24) is 4.90 Å². The molecule has 0 unspecified atom stereocenters. The number of carbonyl (C=O) groups is 3. The third-order valence-corrected chi connectivity index (χ3v) is 4.05. The van der Waals surface area contributed by atoms with Gasteiger partial charge in [0.1, 0.15) is 18.2 Å². The molecular weight excluding hydrogens is 350 g/mol. The fraction of sp³-hybridized carbons (Fsp3) is 0.550. The molecule has 1 aromatic rings. The zero-order chi connectivity index (χ0) is 20.0. The summed E-state index contributed by atoms with van der Waals surface area (Å²) in [6.45, 7) is 7.35. The molecule has 148 valence electrons. The van der Waals surface area contributed by atoms with Gasteiger partial charge in [-0.1, -0.05) is 30.3 Å². The first-order valence-corrected chi connectivity index (χ1v) is 9.08. The predicted molar refractivity (Wildman–Crippen MR) is 97.7 cm³/mol. The first-order valence-electron chi connectivity index (χ1n) is 9.08. The maximum Gasteiger partial charge on any atom is 0.411 e. The van der Waals surface area contributed by atoms with E-state index in [0.29, 0.717) is 0 Å². The topological polar surface area (TPSA) is 82.1 Å². The molecule has 1 amide bonds. The van der Waals surface area contributed by atoms with E-state index in [1.54, 1.807) is 27.7 Å². The van der Waals surface area contributed by atoms with E-state index in [4.69, 9.17) is 14.2 Å². The van der Waals surface area contributed by atoms with Crippen LogP contribution < -0.4 is 0 Å². The predicted octanol–water partition coefficient (Wildman–Crippen LogP) is 2.92. The van der Waals surface area contributed by atoms with Crippen LogP contribution in [0, 0.1) is 5.92 Å². The summed E-state index contributed by atoms with van der Waals surface area (Å²) in [5, 5.41) is 0. The molecule has 1 aromatic carbocycles. The molecule has 7 nitrogen and oxygen atoms in total. The van der Waals surface area contributed by atoms with Crippen molar-refractivity contribution in [3.63, 3.8) is 0 Å². The van der Waals surface area contributed by atoms with Crippen molar-refractivity contribution in [2.45, 2.75) is 52.4 Å². The maximum atomic E-state index is 12.6. The fourth-order valence-electron chi connectivity index (χ4n) is 2.84. The number of hydrogen-bond donors (Lipinski definition) is 0. The Hall–Kier alpha value is -2.57. The lowest BCUT2D eigenvalue weighted by molar-refractivity contribution is -0.150. The van der Waals surface area contributed by atoms with Crippen LogP contribution in [0.2, 0.25) is 0 Å². The Kier molecular flexibility index (Phi) is 6.82. The van der Waals surface area contributed by atoms with Crippen LogP contribution in [0.3, 0.4) is 0 Å². The molecule has 0 bridgehead atoms. The van der Waals surface area contributed by atoms with Crippen LogP contribution in [-0.4, -0.2) is 47.7 Å². The molecule has 7 heteroatoms. The number of amides is 1. The van der Waals surface area contributed by atoms with Gasteiger partial charge < -0.3 is 14.2 Å². The molecule has 1 saturated heterocycles. The molecule has 0 radical (unpaired) electrons. The molecule has 0 aliphatic carbocycles. The molecule has 1 heterocycles. The van der Waals surface area contributed by atoms with Gasteiger partial charge >= 0.3 is 18.0 Å². The van der Waals surface area contributed by atoms with E-state index in [2.05, 4.69) is 0 Å². The number of esters is 2. The van der Waals surface area contributed by atoms with Crippen LogP contribution in [0.1, 0.15) is 39.7 Å². The summed E-state index contributed by atoms with van der Waals surface area (Å²) in [5.41, 5.74) is 0.132. The van der Waals surface area contributed by atoms with Gasteiger partial charge in [-0.05, 0) is 39.7 Å². The lowest BCUT2D eigenvalue weighted by Gasteiger charge is -2.27. The SMILES string of the molecule is CCOC(=O)[C@H]1C[C@@H](C(=O)OCc2ccccc2)N(C(=O)OC(C)(C)C)C1. The van der Waals surface area contributed by atoms with Crippen LogP contribution in [-0.2, 0) is 30.4 Å². The normalized spacial score (nSPS) is 19.5. The highest BCUT2D eigenvalue weighted by molar-refractivity contribution is 5.85. The van der Waals surface area contributed by atoms with E-state index in [1.807, 2.05) is 30.3 Å². The molecule has 0 N–H and O–H groups in total. The Balaban J connectivity index is 2.09. The maximum absolute atomic E-state index is 12.6. The molecule has 1 aliphatic heterocycles. The first-order chi connectivity index (χ1) is 12.7. The number of ether oxygens (including phenoxy) is 3. The minimum Gasteiger partial charge on any atom is -0.466 e. The van der Waals surface area contributed by atoms with Crippen molar-refractivity contribution < 1.29 is 28.6 Å². The van der Waals surface area contributed by atoms with E-state index in [0.717, 1.165) is 5.56 Å². The largest absolute Gasteiger partial charge is 0.466 e. The zero-order valence-electron chi connectivity index (χ0n) is 16.3. The second-order valence-electron chi connectivity index (χ2n) is 7.43. The first kappa shape index (κ1) is 20.7. The van der Waals surface area contributed by atoms with Gasteiger partial charge in [0.15, 0.2) is 0 Å². The van der Waals surface area contributed by atoms with E-state index < -0.39 is 35.6 Å². The van der Waals surface area contributed by atoms with Crippen molar-refractivity contribution in [2.24, 2.45) is 5.92 Å². The molecule has 0 saturated carbocycles. The second kappa shape index (κ2) is 8.88. The summed E-state index contributed by atoms with van der Waals surface area (Å²) in [6.07, 6.45) is -0.484. The molecule has 0 spiro atoms. The van der Waals surface area contributed by atoms with Crippen molar-refractivity contribution in [3.8, 4) is 0 Å². The molecule has 27 heavy (non-hydrogen) atoms. The van der Waals surface area contributed by atoms with Gasteiger partial charge in [-0.15, -0.1) is 0 Å². The quantitative estimate of drug-likeness (QED) is 0.580. The molecule has 2 rings (SSSR count). The lowest BCUT2D eigenvalue weighted by atomic mass is 10.1. The summed E-state index contributed by atoms with van der Waals surface area (Å²) in [7, 11) is 0. The molecular formula is C20H27NO6. The van der Waals surface area contributed by atoms with Crippen LogP contribution in [0.25, 0.3) is 0 Å². The Morgan fingerprint density at radius 2 is 1.74 bits per heavy atom. The van der Waals surface area contributed by atoms with E-state index in [9.17, 15) is 14.4 Å². The molecule has 0 aromatic heterocycles. The van der Waals surface area contributed by atoms with Gasteiger partial charge in [-0.3, -0.25) is 9.69 Å². The van der Waals surface area contributed by atoms with E-state index >= 15 is 0 Å². The van der Waals surface area contributed by atoms with Gasteiger partial charge in [-0.2, -0.15) is 0 Å². The average molecular weight is 377 g/mol. The number of likely N-dealkylation sites (tertiary alicyclic amines) is 1. The zero-order valence-corrected chi connectivity index (χ0v) is 16.3. The van der Waals surface area contributed by atoms with Crippen molar-refractivity contribution in [1.29, 1.82) is 0 Å². The molecule has 1 aliphatic rings. The Labute approximate surface area is 159 Å². The molecule has 1 fully saturated rings. The van der Waals surface area contributed by atoms with Gasteiger partial charge in [0, 0.05) is 6.54 Å². The van der Waals surface area contributed by atoms with Gasteiger partial charge in [-0.25, -0.2) is 9.59 Å². The van der Waals surface area contributed by atoms with Gasteiger partial charge in [0.25, 0.3) is 0 Å². The summed E-state index contributed by atoms with van der Waals surface area (Å²) in [4.78, 5) is 38.5. The number of nitrogens with zero attached hydrogens (tertiary/aromatic N) is 1. The minimum atomic E-state index is -0.877. The van der Waals surface area contributed by atoms with Crippen LogP contribution in [0.4, 0.5) is 4.79 Å². The second-order valence-corrected chi connectivity index (χ2v) is 7.43. The smallest absolute Gasteiger partial charge is 0.411 e. The number of carbonyl (C=O) groups excluding carboxylic acids is 3. The monoisotopic (exact) mass is 377 g/mol. The highest BCUT2D eigenvalue weighted by Crippen LogP contribution is 2.27. The summed E-state index contributed by atoms with van der Waals surface area (Å²) < 4.78 is 15.8. The Bertz CT molecular complexity index is 667. The third-order valence-electron chi connectivity index (χ3n) is 4.05. The van der Waals surface area contributed by atoms with Crippen LogP contribution in [0.15, 0.2) is 30.3 Å². The summed E-state index contributed by atoms with van der Waals surface area (Å²) >= 11 is 0. The fourth-order valence-corrected chi connectivity index (χ4v) is 2.84. The van der Waals surface area contributed by atoms with Crippen molar-refractivity contribution in [2.75, 3.05) is 13.2 Å². The van der Waals surface area contributed by atoms with Crippen molar-refractivity contribution in [3.05, 3.63) is 35.9 Å². The summed E-state index contributed by atoms with van der Waals surface area (Å²) in [6, 6.07) is 8.38. The lowest BCUT2D eigenvalue weighted by Crippen LogP contribution is -2.44. The van der Waals surface area contributed by atoms with E-state index in [1.165, 1.54) is 4.90 Å². The van der Waals surface area contributed by atoms with Gasteiger partial charge in [0.05, 0.1) is 12.5 Å². The number of rotatable bonds is 5. The van der Waals surface area contributed by atoms with Crippen molar-refractivity contribution >= 4 is 18.0 Å². The Morgan fingerprint density at radius 1 is 1.07 bits per heavy atom. The average Bonchev–Trinajstić information content (AvgIpc) is 3.05. The highest BCUT2D eigenvalue weighted by Gasteiger charge is 2.45. The van der Waals surface area contributed by atoms with Gasteiger partial charge in [0.2, 0.25) is 0 Å². The van der Waals surface area contributed by atoms with Crippen LogP contribution in [0.5, 0.6) is 0 Å². The number of hydrogen-bond acceptors (Lipinski definition) is 6. The number of benzene rings is 1. The molecule has 2 atom stereocenters. The summed E-state index contributed by atoms with van der Waals surface area (Å²) in [5.74, 6) is -1.56. The van der Waals surface area contributed by atoms with E-state index in [-0.39, 0.29) is 26.2 Å². The Morgan fingerprint density at radius 3 is 2.33 bits per heavy atom. The van der Waals surface area contributed by atoms with Crippen LogP contribution >= 0.6 is 0 Å².